The van der Waals surface area contributed by atoms with Gasteiger partial charge in [-0.15, -0.1) is 4.91 Å². The summed E-state index contributed by atoms with van der Waals surface area (Å²) in [5.74, 6) is -0.722. The van der Waals surface area contributed by atoms with E-state index in [0.29, 0.717) is 11.3 Å². The predicted octanol–water partition coefficient (Wildman–Crippen LogP) is 3.67. The second kappa shape index (κ2) is 9.20. The van der Waals surface area contributed by atoms with Gasteiger partial charge in [-0.05, 0) is 19.4 Å². The molecule has 0 fully saturated rings. The van der Waals surface area contributed by atoms with Crippen LogP contribution in [0.4, 0.5) is 11.4 Å². The third-order valence-corrected chi connectivity index (χ3v) is 4.94. The number of hydrogen-bond donors (Lipinski definition) is 1. The molecule has 0 unspecified atom stereocenters. The molecule has 0 saturated carbocycles. The van der Waals surface area contributed by atoms with E-state index in [2.05, 4.69) is 10.6 Å². The van der Waals surface area contributed by atoms with Crippen molar-refractivity contribution in [3.63, 3.8) is 0 Å². The van der Waals surface area contributed by atoms with Crippen molar-refractivity contribution in [1.82, 2.24) is 10.3 Å². The van der Waals surface area contributed by atoms with Gasteiger partial charge >= 0.3 is 5.97 Å². The van der Waals surface area contributed by atoms with Crippen molar-refractivity contribution in [3.8, 4) is 0 Å². The summed E-state index contributed by atoms with van der Waals surface area (Å²) in [5.41, 5.74) is 0.569. The molecular weight excluding hydrogens is 422 g/mol. The van der Waals surface area contributed by atoms with E-state index in [4.69, 9.17) is 4.74 Å². The lowest BCUT2D eigenvalue weighted by molar-refractivity contribution is -0.385. The quantitative estimate of drug-likeness (QED) is 0.293. The lowest BCUT2D eigenvalue weighted by atomic mass is 9.92. The summed E-state index contributed by atoms with van der Waals surface area (Å²) in [7, 11) is 0. The monoisotopic (exact) mass is 441 g/mol. The zero-order valence-corrected chi connectivity index (χ0v) is 17.1. The minimum atomic E-state index is -1.13. The Balaban J connectivity index is 2.20. The Bertz CT molecular complexity index is 1120. The van der Waals surface area contributed by atoms with Gasteiger partial charge in [-0.3, -0.25) is 20.2 Å². The number of carbonyl (C=O) groups is 1. The Morgan fingerprint density at radius 2 is 1.66 bits per heavy atom. The fourth-order valence-electron chi connectivity index (χ4n) is 3.58. The zero-order chi connectivity index (χ0) is 23.4. The predicted molar refractivity (Wildman–Crippen MR) is 112 cm³/mol. The van der Waals surface area contributed by atoms with Gasteiger partial charge in [0.1, 0.15) is 12.2 Å². The Morgan fingerprint density at radius 1 is 1.09 bits per heavy atom. The minimum absolute atomic E-state index is 0.0497. The van der Waals surface area contributed by atoms with E-state index in [1.165, 1.54) is 42.5 Å². The van der Waals surface area contributed by atoms with Crippen molar-refractivity contribution in [1.29, 1.82) is 0 Å². The first kappa shape index (κ1) is 22.3. The van der Waals surface area contributed by atoms with E-state index in [1.54, 1.807) is 19.9 Å². The molecule has 32 heavy (non-hydrogen) atoms. The molecule has 0 bridgehead atoms. The first-order valence-electron chi connectivity index (χ1n) is 9.53. The van der Waals surface area contributed by atoms with Crippen LogP contribution in [0.15, 0.2) is 65.1 Å². The molecule has 0 aromatic heterocycles. The molecule has 0 spiro atoms. The van der Waals surface area contributed by atoms with E-state index >= 15 is 0 Å². The molecule has 0 amide bonds. The normalized spacial score (nSPS) is 18.0. The molecule has 1 aliphatic rings. The van der Waals surface area contributed by atoms with Crippen LogP contribution in [0.2, 0.25) is 0 Å². The lowest BCUT2D eigenvalue weighted by Gasteiger charge is -2.40. The number of allylic oxidation sites excluding steroid dienone is 1. The summed E-state index contributed by atoms with van der Waals surface area (Å²) in [6.07, 6.45) is -0.977. The van der Waals surface area contributed by atoms with Crippen molar-refractivity contribution in [2.24, 2.45) is 5.29 Å². The molecule has 3 rings (SSSR count). The van der Waals surface area contributed by atoms with Gasteiger partial charge in [0.15, 0.2) is 0 Å². The highest BCUT2D eigenvalue weighted by molar-refractivity contribution is 5.91. The average molecular weight is 441 g/mol. The van der Waals surface area contributed by atoms with Crippen LogP contribution in [0, 0.1) is 25.1 Å². The van der Waals surface area contributed by atoms with Crippen LogP contribution in [-0.2, 0) is 9.53 Å². The summed E-state index contributed by atoms with van der Waals surface area (Å²) >= 11 is 0. The van der Waals surface area contributed by atoms with E-state index in [1.807, 2.05) is 0 Å². The van der Waals surface area contributed by atoms with Crippen molar-refractivity contribution in [2.75, 3.05) is 6.61 Å². The molecular formula is C20H19N5O7. The molecule has 1 aliphatic heterocycles. The van der Waals surface area contributed by atoms with Crippen LogP contribution >= 0.6 is 0 Å². The van der Waals surface area contributed by atoms with Crippen molar-refractivity contribution in [2.45, 2.75) is 26.1 Å². The standard InChI is InChI=1S/C20H19N5O7/c1-3-32-20(26)17-12(2)21-19(14-7-5-9-16(11-14)25(30)31)23(22-27)18(17)13-6-4-8-15(10-13)24(28)29/h4-11,18-19,21H,3H2,1-2H3/t18-,19+/m1/s1. The maximum absolute atomic E-state index is 12.7. The summed E-state index contributed by atoms with van der Waals surface area (Å²) in [6.45, 7) is 3.28. The summed E-state index contributed by atoms with van der Waals surface area (Å²) in [4.78, 5) is 46.1. The molecule has 0 saturated heterocycles. The van der Waals surface area contributed by atoms with Crippen LogP contribution in [0.3, 0.4) is 0 Å². The fraction of sp³-hybridized carbons (Fsp3) is 0.250. The Labute approximate surface area is 181 Å². The number of carbonyl (C=O) groups excluding carboxylic acids is 1. The highest BCUT2D eigenvalue weighted by atomic mass is 16.6. The van der Waals surface area contributed by atoms with Gasteiger partial charge in [0.25, 0.3) is 11.4 Å². The summed E-state index contributed by atoms with van der Waals surface area (Å²) in [6, 6.07) is 9.95. The number of rotatable bonds is 7. The SMILES string of the molecule is CCOC(=O)C1=C(C)N[C@H](c2cccc([N+](=O)[O-])c2)N(N=O)[C@@H]1c1cccc([N+](=O)[O-])c1. The Kier molecular flexibility index (Phi) is 6.42. The molecule has 1 N–H and O–H groups in total. The first-order chi connectivity index (χ1) is 15.3. The number of non-ortho nitro benzene ring substituents is 2. The van der Waals surface area contributed by atoms with Gasteiger partial charge in [-0.2, -0.15) is 0 Å². The van der Waals surface area contributed by atoms with Crippen LogP contribution < -0.4 is 5.32 Å². The number of nitro benzene ring substituents is 2. The highest BCUT2D eigenvalue weighted by Gasteiger charge is 2.41. The van der Waals surface area contributed by atoms with Gasteiger partial charge in [-0.25, -0.2) is 9.80 Å². The fourth-order valence-corrected chi connectivity index (χ4v) is 3.58. The van der Waals surface area contributed by atoms with Crippen molar-refractivity contribution < 1.29 is 19.4 Å². The minimum Gasteiger partial charge on any atom is -0.463 e. The Hall–Kier alpha value is -4.35. The van der Waals surface area contributed by atoms with Crippen LogP contribution in [0.1, 0.15) is 37.2 Å². The zero-order valence-electron chi connectivity index (χ0n) is 17.1. The largest absolute Gasteiger partial charge is 0.463 e. The number of nitro groups is 2. The number of esters is 1. The number of nitrogens with one attached hydrogen (secondary N) is 1. The van der Waals surface area contributed by atoms with Gasteiger partial charge in [0, 0.05) is 35.5 Å². The van der Waals surface area contributed by atoms with Crippen LogP contribution in [-0.4, -0.2) is 27.4 Å². The molecule has 0 radical (unpaired) electrons. The van der Waals surface area contributed by atoms with E-state index in [9.17, 15) is 29.9 Å². The van der Waals surface area contributed by atoms with Crippen LogP contribution in [0.25, 0.3) is 0 Å². The molecule has 2 aromatic carbocycles. The molecule has 2 aromatic rings. The van der Waals surface area contributed by atoms with Crippen molar-refractivity contribution in [3.05, 3.63) is 96.1 Å². The van der Waals surface area contributed by atoms with Gasteiger partial charge < -0.3 is 10.1 Å². The number of benzene rings is 2. The number of nitroso groups, excluding NO2 is 1. The maximum Gasteiger partial charge on any atom is 0.338 e. The lowest BCUT2D eigenvalue weighted by Crippen LogP contribution is -2.44. The second-order valence-electron chi connectivity index (χ2n) is 6.87. The van der Waals surface area contributed by atoms with Crippen molar-refractivity contribution >= 4 is 17.3 Å². The topological polar surface area (TPSA) is 157 Å². The second-order valence-corrected chi connectivity index (χ2v) is 6.87. The maximum atomic E-state index is 12.7. The highest BCUT2D eigenvalue weighted by Crippen LogP contribution is 2.41. The molecule has 1 heterocycles. The number of ether oxygens (including phenoxy) is 1. The molecule has 12 nitrogen and oxygen atoms in total. The summed E-state index contributed by atoms with van der Waals surface area (Å²) in [5, 5.41) is 29.5. The smallest absolute Gasteiger partial charge is 0.338 e. The number of nitrogens with zero attached hydrogens (tertiary/aromatic N) is 4. The van der Waals surface area contributed by atoms with Gasteiger partial charge in [0.05, 0.1) is 27.3 Å². The van der Waals surface area contributed by atoms with E-state index in [-0.39, 0.29) is 29.1 Å². The van der Waals surface area contributed by atoms with Crippen LogP contribution in [0.5, 0.6) is 0 Å². The summed E-state index contributed by atoms with van der Waals surface area (Å²) < 4.78 is 5.14. The molecule has 0 aliphatic carbocycles. The third kappa shape index (κ3) is 4.24. The molecule has 166 valence electrons. The van der Waals surface area contributed by atoms with Gasteiger partial charge in [-0.1, -0.05) is 24.3 Å². The molecule has 2 atom stereocenters. The average Bonchev–Trinajstić information content (AvgIpc) is 2.78. The van der Waals surface area contributed by atoms with Gasteiger partial charge in [0.2, 0.25) is 0 Å². The molecule has 12 heteroatoms. The first-order valence-corrected chi connectivity index (χ1v) is 9.53. The number of hydrogen-bond acceptors (Lipinski definition) is 9. The van der Waals surface area contributed by atoms with E-state index < -0.39 is 28.0 Å². The van der Waals surface area contributed by atoms with E-state index in [0.717, 1.165) is 5.01 Å². The Morgan fingerprint density at radius 3 is 2.19 bits per heavy atom. The third-order valence-electron chi connectivity index (χ3n) is 4.94.